The smallest absolute Gasteiger partial charge is 0.326 e. The Hall–Kier alpha value is -8.19. The van der Waals surface area contributed by atoms with E-state index in [-0.39, 0.29) is 29.5 Å². The number of nitro benzene ring substituents is 1. The van der Waals surface area contributed by atoms with Gasteiger partial charge >= 0.3 is 17.9 Å². The van der Waals surface area contributed by atoms with Gasteiger partial charge in [-0.1, -0.05) is 70.9 Å². The third-order valence-electron chi connectivity index (χ3n) is 13.9. The van der Waals surface area contributed by atoms with Crippen molar-refractivity contribution >= 4 is 104 Å². The van der Waals surface area contributed by atoms with Gasteiger partial charge < -0.3 is 62.1 Å². The fourth-order valence-electron chi connectivity index (χ4n) is 9.24. The topological polar surface area (TPSA) is 433 Å². The van der Waals surface area contributed by atoms with E-state index in [1.54, 1.807) is 45.0 Å². The number of carboxylic acid groups (broad SMARTS) is 1. The number of primary amides is 1. The van der Waals surface area contributed by atoms with E-state index in [9.17, 15) is 76.4 Å². The highest BCUT2D eigenvalue weighted by atomic mass is 32.2. The molecule has 11 N–H and O–H groups in total. The minimum absolute atomic E-state index is 0.0154. The van der Waals surface area contributed by atoms with E-state index in [4.69, 9.17) is 15.2 Å². The number of H-pyrrole nitrogens is 1. The van der Waals surface area contributed by atoms with E-state index >= 15 is 0 Å². The maximum atomic E-state index is 14.7. The first kappa shape index (κ1) is 64.6. The summed E-state index contributed by atoms with van der Waals surface area (Å²) in [6.45, 7) is 6.34. The van der Waals surface area contributed by atoms with Crippen LogP contribution in [0.2, 0.25) is 0 Å². The molecule has 29 nitrogen and oxygen atoms in total. The molecule has 0 spiro atoms. The maximum Gasteiger partial charge on any atom is 0.326 e. The number of carbonyl (C=O) groups excluding carboxylic acids is 10. The number of rotatable bonds is 20. The predicted octanol–water partition coefficient (Wildman–Crippen LogP) is -0.993. The van der Waals surface area contributed by atoms with E-state index in [0.29, 0.717) is 23.7 Å². The monoisotopic (exact) mass is 1190 g/mol. The van der Waals surface area contributed by atoms with Crippen molar-refractivity contribution < 1.29 is 80.7 Å². The number of nitro groups is 1. The molecule has 446 valence electrons. The number of likely N-dealkylation sites (tertiary alicyclic amines) is 1. The molecular formula is C51H67N11O18S2. The molecule has 1 fully saturated rings. The number of benzene rings is 2. The number of fused-ring (bicyclic) bond motifs is 3. The summed E-state index contributed by atoms with van der Waals surface area (Å²) in [7, 11) is -4.91. The highest BCUT2D eigenvalue weighted by molar-refractivity contribution is 7.99. The molecule has 2 aliphatic heterocycles. The Kier molecular flexibility index (Phi) is 22.8. The summed E-state index contributed by atoms with van der Waals surface area (Å²) in [5.41, 5.74) is 5.51. The summed E-state index contributed by atoms with van der Waals surface area (Å²) in [6, 6.07) is 1.15. The summed E-state index contributed by atoms with van der Waals surface area (Å²) >= 11 is 0.868. The van der Waals surface area contributed by atoms with Crippen LogP contribution in [0.3, 0.4) is 0 Å². The number of aliphatic carboxylic acids is 1. The van der Waals surface area contributed by atoms with E-state index in [0.717, 1.165) is 42.6 Å². The second-order valence-electron chi connectivity index (χ2n) is 19.8. The Bertz CT molecular complexity index is 3070. The Balaban J connectivity index is 1.53. The van der Waals surface area contributed by atoms with Gasteiger partial charge in [-0.2, -0.15) is 4.72 Å². The van der Waals surface area contributed by atoms with Gasteiger partial charge in [0.05, 0.1) is 29.5 Å². The minimum Gasteiger partial charge on any atom is -0.480 e. The lowest BCUT2D eigenvalue weighted by molar-refractivity contribution is -0.387. The van der Waals surface area contributed by atoms with Gasteiger partial charge in [0.25, 0.3) is 5.69 Å². The molecule has 10 atom stereocenters. The largest absolute Gasteiger partial charge is 0.480 e. The summed E-state index contributed by atoms with van der Waals surface area (Å²) in [5, 5.41) is 37.6. The second-order valence-corrected chi connectivity index (χ2v) is 22.5. The normalized spacial score (nSPS) is 21.2. The van der Waals surface area contributed by atoms with Crippen molar-refractivity contribution in [2.24, 2.45) is 23.5 Å². The molecule has 3 heterocycles. The number of hydrogen-bond acceptors (Lipinski definition) is 18. The number of nitrogens with one attached hydrogen (secondary N) is 8. The molecule has 31 heteroatoms. The van der Waals surface area contributed by atoms with Crippen LogP contribution in [0, 0.1) is 27.9 Å². The van der Waals surface area contributed by atoms with Crippen LogP contribution in [0.4, 0.5) is 5.69 Å². The number of carboxylic acids is 1. The Morgan fingerprint density at radius 1 is 0.902 bits per heavy atom. The first-order chi connectivity index (χ1) is 38.6. The Labute approximate surface area is 474 Å². The zero-order chi connectivity index (χ0) is 60.7. The number of esters is 2. The number of hydrogen-bond donors (Lipinski definition) is 10. The van der Waals surface area contributed by atoms with Gasteiger partial charge in [0.2, 0.25) is 57.3 Å². The Morgan fingerprint density at radius 2 is 1.55 bits per heavy atom. The van der Waals surface area contributed by atoms with Crippen LogP contribution in [-0.4, -0.2) is 168 Å². The SMILES string of the molecule is CCC1C[C@@H](C(=O)N[C@H](C(=O)O)[C@@H](C)[C@H](COC(C)=O)OC(C)=O)N(C(=O)C(CC(N)=O)NC(=O)C2CSc3[nH]c4ccccc4c3CC(NS(=O)(=O)c3ccccc3[N+](=O)[O-])C(=O)NCC(=O)N[C@@H]([C@@H](C)CC)C(=O)NCC(=O)N2)C1. The minimum atomic E-state index is -4.91. The van der Waals surface area contributed by atoms with Gasteiger partial charge in [-0.05, 0) is 36.0 Å². The Morgan fingerprint density at radius 3 is 2.17 bits per heavy atom. The van der Waals surface area contributed by atoms with Crippen molar-refractivity contribution in [2.45, 2.75) is 126 Å². The highest BCUT2D eigenvalue weighted by Gasteiger charge is 2.45. The van der Waals surface area contributed by atoms with Crippen LogP contribution >= 0.6 is 11.8 Å². The molecule has 2 aliphatic rings. The van der Waals surface area contributed by atoms with Crippen LogP contribution in [0.1, 0.15) is 72.8 Å². The maximum absolute atomic E-state index is 14.7. The van der Waals surface area contributed by atoms with Crippen molar-refractivity contribution in [1.82, 2.24) is 46.5 Å². The van der Waals surface area contributed by atoms with Gasteiger partial charge in [-0.3, -0.25) is 58.1 Å². The van der Waals surface area contributed by atoms with Gasteiger partial charge in [-0.15, -0.1) is 11.8 Å². The molecule has 1 aromatic heterocycles. The second kappa shape index (κ2) is 29.0. The summed E-state index contributed by atoms with van der Waals surface area (Å²) in [5.74, 6) is -13.7. The van der Waals surface area contributed by atoms with Crippen LogP contribution in [0.15, 0.2) is 58.5 Å². The number of para-hydroxylation sites is 2. The third-order valence-corrected chi connectivity index (χ3v) is 16.5. The summed E-state index contributed by atoms with van der Waals surface area (Å²) < 4.78 is 40.5. The van der Waals surface area contributed by atoms with Gasteiger partial charge in [0.1, 0.15) is 49.0 Å². The lowest BCUT2D eigenvalue weighted by Gasteiger charge is -2.32. The molecule has 0 saturated carbocycles. The van der Waals surface area contributed by atoms with E-state index < -0.39 is 183 Å². The molecule has 0 radical (unpaired) electrons. The molecule has 4 unspecified atom stereocenters. The molecule has 2 aromatic carbocycles. The van der Waals surface area contributed by atoms with Crippen molar-refractivity contribution in [1.29, 1.82) is 0 Å². The third kappa shape index (κ3) is 17.2. The lowest BCUT2D eigenvalue weighted by atomic mass is 9.94. The van der Waals surface area contributed by atoms with Crippen LogP contribution in [-0.2, 0) is 78.7 Å². The van der Waals surface area contributed by atoms with Crippen molar-refractivity contribution in [3.63, 3.8) is 0 Å². The van der Waals surface area contributed by atoms with Gasteiger partial charge in [0.15, 0.2) is 4.90 Å². The molecule has 5 rings (SSSR count). The number of nitrogens with two attached hydrogens (primary N) is 1. The number of ether oxygens (including phenoxy) is 2. The van der Waals surface area contributed by atoms with Crippen LogP contribution in [0.5, 0.6) is 0 Å². The zero-order valence-corrected chi connectivity index (χ0v) is 47.3. The molecule has 82 heavy (non-hydrogen) atoms. The van der Waals surface area contributed by atoms with E-state index in [1.165, 1.54) is 19.1 Å². The molecular weight excluding hydrogens is 1120 g/mol. The van der Waals surface area contributed by atoms with E-state index in [1.807, 2.05) is 0 Å². The molecule has 0 aliphatic carbocycles. The van der Waals surface area contributed by atoms with Gasteiger partial charge in [-0.25, -0.2) is 13.2 Å². The van der Waals surface area contributed by atoms with E-state index in [2.05, 4.69) is 41.6 Å². The molecule has 3 aromatic rings. The molecule has 0 bridgehead atoms. The first-order valence-electron chi connectivity index (χ1n) is 26.0. The lowest BCUT2D eigenvalue weighted by Crippen LogP contribution is -2.60. The van der Waals surface area contributed by atoms with Gasteiger partial charge in [0, 0.05) is 55.5 Å². The summed E-state index contributed by atoms with van der Waals surface area (Å²) in [4.78, 5) is 162. The van der Waals surface area contributed by atoms with Crippen LogP contribution < -0.4 is 42.4 Å². The number of thioether (sulfide) groups is 1. The predicted molar refractivity (Wildman–Crippen MR) is 290 cm³/mol. The highest BCUT2D eigenvalue weighted by Crippen LogP contribution is 2.33. The average Bonchev–Trinajstić information content (AvgIpc) is 4.14. The molecule has 1 saturated heterocycles. The average molecular weight is 1190 g/mol. The van der Waals surface area contributed by atoms with Crippen molar-refractivity contribution in [2.75, 3.05) is 32.0 Å². The first-order valence-corrected chi connectivity index (χ1v) is 28.5. The number of aromatic nitrogens is 1. The van der Waals surface area contributed by atoms with Crippen molar-refractivity contribution in [3.05, 3.63) is 64.2 Å². The number of sulfonamides is 1. The fourth-order valence-corrected chi connectivity index (χ4v) is 11.7. The zero-order valence-electron chi connectivity index (χ0n) is 45.6. The number of carbonyl (C=O) groups is 11. The summed E-state index contributed by atoms with van der Waals surface area (Å²) in [6.07, 6.45) is -1.99. The van der Waals surface area contributed by atoms with Crippen LogP contribution in [0.25, 0.3) is 10.9 Å². The molecule has 8 amide bonds. The number of aromatic amines is 1. The number of nitrogens with zero attached hydrogens (tertiary/aromatic N) is 2. The number of amides is 8. The standard InChI is InChI=1S/C51H67N11O18S2/c1-7-25(3)43-48(71)54-20-41(66)55-35(24-81-49-31(30-13-9-10-14-32(30)57-49)18-33(45(68)53-21-42(67)58-43)60-82(77,78)39-16-12-11-15-36(39)62(75)76)46(69)56-34(19-40(52)65)50(72)61-22-29(8-2)17-37(61)47(70)59-44(51(73)74)26(4)38(80-28(6)64)23-79-27(5)63/h9-16,25-26,29,33-35,37-38,43-44,57,60H,7-8,17-24H2,1-6H3,(H2,52,65)(H,53,68)(H,54,71)(H,55,66)(H,56,69)(H,58,67)(H,59,70)(H,73,74)/t25-,26-,29?,33?,34?,35?,37-,38-,43-,44-/m0/s1. The fraction of sp³-hybridized carbons (Fsp3) is 0.510. The quantitative estimate of drug-likeness (QED) is 0.0369. The van der Waals surface area contributed by atoms with Crippen molar-refractivity contribution in [3.8, 4) is 0 Å².